The van der Waals surface area contributed by atoms with E-state index in [1.807, 2.05) is 0 Å². The van der Waals surface area contributed by atoms with E-state index in [2.05, 4.69) is 181 Å². The number of para-hydroxylation sites is 1. The Hall–Kier alpha value is -6.38. The summed E-state index contributed by atoms with van der Waals surface area (Å²) >= 11 is 0. The van der Waals surface area contributed by atoms with Crippen LogP contribution in [0.4, 0.5) is 11.4 Å². The predicted octanol–water partition coefficient (Wildman–Crippen LogP) is 12.9. The molecule has 286 valence electrons. The fraction of sp³-hybridized carbons (Fsp3) is 0.193. The van der Waals surface area contributed by atoms with E-state index >= 15 is 0 Å². The number of rotatable bonds is 4. The second-order valence-corrected chi connectivity index (χ2v) is 17.3. The molecule has 0 saturated carbocycles. The molecule has 8 aromatic rings. The van der Waals surface area contributed by atoms with Crippen LogP contribution in [0.5, 0.6) is 0 Å². The highest BCUT2D eigenvalue weighted by Crippen LogP contribution is 2.43. The third-order valence-electron chi connectivity index (χ3n) is 14.0. The van der Waals surface area contributed by atoms with Crippen LogP contribution in [0.3, 0.4) is 0 Å². The molecule has 4 aliphatic rings. The summed E-state index contributed by atoms with van der Waals surface area (Å²) in [6.45, 7) is 4.58. The van der Waals surface area contributed by atoms with Crippen molar-refractivity contribution in [3.63, 3.8) is 0 Å². The van der Waals surface area contributed by atoms with Crippen LogP contribution in [-0.4, -0.2) is 19.1 Å². The molecule has 0 aromatic heterocycles. The lowest BCUT2D eigenvalue weighted by atomic mass is 9.80. The molecule has 0 saturated heterocycles. The average molecular weight is 761 g/mol. The Morgan fingerprint density at radius 3 is 2.22 bits per heavy atom. The summed E-state index contributed by atoms with van der Waals surface area (Å²) in [6.07, 6.45) is 17.0. The molecule has 0 radical (unpaired) electrons. The molecule has 12 rings (SSSR count). The number of benzene rings is 8. The number of aryl methyl sites for hydroxylation is 1. The highest BCUT2D eigenvalue weighted by Gasteiger charge is 2.30. The van der Waals surface area contributed by atoms with Crippen molar-refractivity contribution < 1.29 is 0 Å². The summed E-state index contributed by atoms with van der Waals surface area (Å²) < 4.78 is 0. The largest absolute Gasteiger partial charge is 0.364 e. The highest BCUT2D eigenvalue weighted by atomic mass is 15.2. The lowest BCUT2D eigenvalue weighted by molar-refractivity contribution is 0.574. The summed E-state index contributed by atoms with van der Waals surface area (Å²) in [5, 5.41) is 13.2. The van der Waals surface area contributed by atoms with Gasteiger partial charge in [-0.3, -0.25) is 0 Å². The molecule has 0 spiro atoms. The Morgan fingerprint density at radius 1 is 0.542 bits per heavy atom. The van der Waals surface area contributed by atoms with Gasteiger partial charge in [0.2, 0.25) is 0 Å². The maximum atomic E-state index is 2.72. The molecule has 0 N–H and O–H groups in total. The van der Waals surface area contributed by atoms with Crippen molar-refractivity contribution in [2.75, 3.05) is 22.9 Å². The van der Waals surface area contributed by atoms with Crippen LogP contribution < -0.4 is 20.2 Å². The topological polar surface area (TPSA) is 6.48 Å². The molecular formula is C57H48N2. The quantitative estimate of drug-likeness (QED) is 0.165. The average Bonchev–Trinajstić information content (AvgIpc) is 3.30. The third-order valence-corrected chi connectivity index (χ3v) is 14.0. The molecule has 2 nitrogen and oxygen atoms in total. The molecular weight excluding hydrogens is 713 g/mol. The van der Waals surface area contributed by atoms with Crippen molar-refractivity contribution in [1.29, 1.82) is 0 Å². The summed E-state index contributed by atoms with van der Waals surface area (Å²) in [5.41, 5.74) is 12.5. The molecule has 2 aliphatic carbocycles. The maximum Gasteiger partial charge on any atom is 0.0542 e. The van der Waals surface area contributed by atoms with Gasteiger partial charge in [0.15, 0.2) is 0 Å². The van der Waals surface area contributed by atoms with Crippen molar-refractivity contribution in [2.45, 2.75) is 51.5 Å². The smallest absolute Gasteiger partial charge is 0.0542 e. The Bertz CT molecular complexity index is 3220. The molecule has 0 bridgehead atoms. The number of allylic oxidation sites excluding steroid dienone is 4. The molecule has 0 fully saturated rings. The summed E-state index contributed by atoms with van der Waals surface area (Å²) in [6, 6.07) is 53.4. The van der Waals surface area contributed by atoms with Crippen molar-refractivity contribution in [1.82, 2.24) is 0 Å². The van der Waals surface area contributed by atoms with E-state index in [0.29, 0.717) is 5.92 Å². The van der Waals surface area contributed by atoms with Crippen LogP contribution in [0.25, 0.3) is 77.5 Å². The van der Waals surface area contributed by atoms with Gasteiger partial charge in [0, 0.05) is 30.2 Å². The first-order valence-corrected chi connectivity index (χ1v) is 21.9. The minimum absolute atomic E-state index is 0.230. The number of nitrogens with zero attached hydrogens (tertiary/aromatic N) is 2. The van der Waals surface area contributed by atoms with E-state index in [1.165, 1.54) is 123 Å². The minimum atomic E-state index is 0.230. The van der Waals surface area contributed by atoms with Crippen molar-refractivity contribution in [3.05, 3.63) is 179 Å². The van der Waals surface area contributed by atoms with E-state index in [0.717, 1.165) is 32.4 Å². The van der Waals surface area contributed by atoms with Gasteiger partial charge in [-0.15, -0.1) is 0 Å². The fourth-order valence-electron chi connectivity index (χ4n) is 11.3. The first kappa shape index (κ1) is 34.6. The van der Waals surface area contributed by atoms with E-state index in [9.17, 15) is 0 Å². The van der Waals surface area contributed by atoms with Gasteiger partial charge in [-0.2, -0.15) is 0 Å². The fourth-order valence-corrected chi connectivity index (χ4v) is 11.3. The molecule has 59 heavy (non-hydrogen) atoms. The van der Waals surface area contributed by atoms with Crippen molar-refractivity contribution >= 4 is 66.6 Å². The van der Waals surface area contributed by atoms with Crippen LogP contribution in [0, 0.1) is 5.92 Å². The molecule has 0 amide bonds. The highest BCUT2D eigenvalue weighted by molar-refractivity contribution is 6.18. The molecule has 8 aromatic carbocycles. The predicted molar refractivity (Wildman–Crippen MR) is 253 cm³/mol. The van der Waals surface area contributed by atoms with Gasteiger partial charge in [0.05, 0.1) is 6.04 Å². The van der Waals surface area contributed by atoms with Gasteiger partial charge in [-0.25, -0.2) is 0 Å². The third kappa shape index (κ3) is 5.60. The Balaban J connectivity index is 1.22. The molecule has 2 unspecified atom stereocenters. The SMILES string of the molecule is CC1C=c2c(-c3ccc4ccccc4c3)c3cc(N4CCCC5=C4CCC=C5)ccc3c(-c3cc4ccccc4c4ccccc34)c2=CC1N1CCCc2ccccc21. The molecule has 2 aliphatic heterocycles. The van der Waals surface area contributed by atoms with Gasteiger partial charge in [-0.1, -0.05) is 140 Å². The molecule has 2 heterocycles. The number of fused-ring (bicyclic) bond motifs is 7. The van der Waals surface area contributed by atoms with E-state index in [4.69, 9.17) is 0 Å². The summed E-state index contributed by atoms with van der Waals surface area (Å²) in [5.74, 6) is 0.304. The Kier molecular flexibility index (Phi) is 8.15. The summed E-state index contributed by atoms with van der Waals surface area (Å²) in [4.78, 5) is 5.37. The first-order valence-electron chi connectivity index (χ1n) is 21.9. The van der Waals surface area contributed by atoms with Gasteiger partial charge >= 0.3 is 0 Å². The van der Waals surface area contributed by atoms with Crippen LogP contribution >= 0.6 is 0 Å². The van der Waals surface area contributed by atoms with Gasteiger partial charge in [-0.05, 0) is 162 Å². The van der Waals surface area contributed by atoms with Gasteiger partial charge < -0.3 is 9.80 Å². The van der Waals surface area contributed by atoms with Crippen LogP contribution in [-0.2, 0) is 6.42 Å². The van der Waals surface area contributed by atoms with Gasteiger partial charge in [0.1, 0.15) is 0 Å². The minimum Gasteiger partial charge on any atom is -0.364 e. The lowest BCUT2D eigenvalue weighted by Crippen LogP contribution is -2.47. The Labute approximate surface area is 346 Å². The second kappa shape index (κ2) is 13.9. The lowest BCUT2D eigenvalue weighted by Gasteiger charge is -2.40. The zero-order chi connectivity index (χ0) is 39.0. The maximum absolute atomic E-state index is 2.72. The van der Waals surface area contributed by atoms with Crippen LogP contribution in [0.2, 0.25) is 0 Å². The van der Waals surface area contributed by atoms with E-state index in [1.54, 1.807) is 0 Å². The zero-order valence-corrected chi connectivity index (χ0v) is 33.8. The molecule has 2 heteroatoms. The van der Waals surface area contributed by atoms with Crippen LogP contribution in [0.15, 0.2) is 163 Å². The second-order valence-electron chi connectivity index (χ2n) is 17.3. The van der Waals surface area contributed by atoms with Crippen molar-refractivity contribution in [3.8, 4) is 22.3 Å². The van der Waals surface area contributed by atoms with Gasteiger partial charge in [0.25, 0.3) is 0 Å². The monoisotopic (exact) mass is 760 g/mol. The van der Waals surface area contributed by atoms with E-state index in [-0.39, 0.29) is 6.04 Å². The van der Waals surface area contributed by atoms with E-state index < -0.39 is 0 Å². The zero-order valence-electron chi connectivity index (χ0n) is 33.8. The molecule has 2 atom stereocenters. The normalized spacial score (nSPS) is 18.8. The van der Waals surface area contributed by atoms with Crippen LogP contribution in [0.1, 0.15) is 44.6 Å². The number of anilines is 2. The standard InChI is InChI=1S/C57H48N2/c1-37-32-49-52(36-55(37)59-31-13-20-40-16-6-11-25-54(40)59)57(50-34-42-18-4-7-21-45(42)46-22-8-9-23-47(46)50)48-29-28-44(58-30-12-19-39-15-5-10-24-53(39)58)35-51(48)56(49)43-27-26-38-14-2-3-17-41(38)33-43/h2-9,11,14-18,21-23,25-29,32-37,55H,10,12-13,19-20,24,30-31H2,1H3. The number of hydrogen-bond acceptors (Lipinski definition) is 2. The summed E-state index contributed by atoms with van der Waals surface area (Å²) in [7, 11) is 0. The number of hydrogen-bond donors (Lipinski definition) is 0. The Morgan fingerprint density at radius 2 is 1.31 bits per heavy atom. The first-order chi connectivity index (χ1) is 29.2. The van der Waals surface area contributed by atoms with Crippen molar-refractivity contribution in [2.24, 2.45) is 5.92 Å².